The maximum absolute atomic E-state index is 15.5. The number of amides is 5. The molecule has 5 aliphatic heterocycles. The Bertz CT molecular complexity index is 5600. The summed E-state index contributed by atoms with van der Waals surface area (Å²) in [7, 11) is 7.32. The number of hydrogen-bond acceptors (Lipinski definition) is 32. The highest BCUT2D eigenvalue weighted by Gasteiger charge is 2.79. The van der Waals surface area contributed by atoms with Crippen LogP contribution < -0.4 is 64.5 Å². The highest BCUT2D eigenvalue weighted by molar-refractivity contribution is 8.76. The molecule has 137 heavy (non-hydrogen) atoms. The van der Waals surface area contributed by atoms with E-state index < -0.39 is 209 Å². The Kier molecular flexibility index (Phi) is 34.5. The van der Waals surface area contributed by atoms with Gasteiger partial charge in [0, 0.05) is 128 Å². The lowest BCUT2D eigenvalue weighted by Crippen LogP contribution is -2.82. The first kappa shape index (κ1) is 105. The number of likely N-dealkylation sites (N-methyl/N-ethyl adjacent to an activating group) is 1. The predicted octanol–water partition coefficient (Wildman–Crippen LogP) is 2.88. The molecule has 43 nitrogen and oxygen atoms in total. The van der Waals surface area contributed by atoms with Crippen molar-refractivity contribution < 1.29 is 122 Å². The molecule has 740 valence electrons. The number of carboxylic acid groups (broad SMARTS) is 5. The lowest BCUT2D eigenvalue weighted by molar-refractivity contribution is -0.204. The van der Waals surface area contributed by atoms with E-state index in [0.29, 0.717) is 106 Å². The number of nitrogen functional groups attached to an aromatic ring is 1. The van der Waals surface area contributed by atoms with Crippen LogP contribution in [0.4, 0.5) is 22.1 Å². The fourth-order valence-corrected chi connectivity index (χ4v) is 23.0. The Morgan fingerprint density at radius 3 is 2.12 bits per heavy atom. The monoisotopic (exact) mass is 1940 g/mol. The largest absolute Gasteiger partial charge is 0.496 e. The molecule has 2 aliphatic carbocycles. The number of ketones is 3. The summed E-state index contributed by atoms with van der Waals surface area (Å²) < 4.78 is 17.7. The molecule has 2 aromatic heterocycles. The van der Waals surface area contributed by atoms with E-state index in [-0.39, 0.29) is 90.8 Å². The third kappa shape index (κ3) is 23.6. The normalized spacial score (nSPS) is 23.8. The number of hydrazine groups is 1. The Morgan fingerprint density at radius 1 is 0.766 bits per heavy atom. The molecule has 7 heterocycles. The van der Waals surface area contributed by atoms with E-state index in [1.165, 1.54) is 73.0 Å². The molecule has 3 aromatic carbocycles. The molecule has 2 bridgehead atoms. The molecular weight excluding hydrogens is 1820 g/mol. The third-order valence-corrected chi connectivity index (χ3v) is 29.4. The second-order valence-corrected chi connectivity index (χ2v) is 38.6. The van der Waals surface area contributed by atoms with Crippen molar-refractivity contribution in [1.29, 1.82) is 0 Å². The van der Waals surface area contributed by atoms with E-state index in [2.05, 4.69) is 85.0 Å². The summed E-state index contributed by atoms with van der Waals surface area (Å²) in [5.41, 5.74) is 20.6. The van der Waals surface area contributed by atoms with E-state index >= 15 is 4.79 Å². The average molecular weight is 1940 g/mol. The van der Waals surface area contributed by atoms with Crippen molar-refractivity contribution in [2.24, 2.45) is 45.5 Å². The molecule has 1 saturated carbocycles. The van der Waals surface area contributed by atoms with Gasteiger partial charge < -0.3 is 103 Å². The summed E-state index contributed by atoms with van der Waals surface area (Å²) in [6.07, 6.45) is 1.17. The number of Topliss-reactive ketones (excluding diaryl/α,β-unsaturated/α-hetero) is 3. The van der Waals surface area contributed by atoms with Crippen LogP contribution in [0.25, 0.3) is 16.7 Å². The second-order valence-electron chi connectivity index (χ2n) is 36.0. The van der Waals surface area contributed by atoms with Crippen LogP contribution in [-0.4, -0.2) is 286 Å². The molecule has 1 unspecified atom stereocenters. The fourth-order valence-electron chi connectivity index (χ4n) is 20.8. The number of hydrogen-bond donors (Lipinski definition) is 18. The van der Waals surface area contributed by atoms with E-state index in [1.54, 1.807) is 14.2 Å². The molecule has 21 N–H and O–H groups in total. The lowest BCUT2D eigenvalue weighted by atomic mass is 9.47. The number of fused-ring (bicyclic) bond motifs is 6. The first-order chi connectivity index (χ1) is 65.0. The highest BCUT2D eigenvalue weighted by Crippen LogP contribution is 2.68. The smallest absolute Gasteiger partial charge is 0.426 e. The SMILES string of the molecule is CC[C@]1(O)C[C@H]2CN(CCC3=C(Cc4ccccc43)[C@@](C(=O)OC)(c3cc4c(cc3OC)N(C)[C@H]3[C@@](O)(C(=O)NNC(=O)OCCSSC[C@H](CC(C)=O)C(=O)O)[C@H](O)[C@]5(CC)C=CCN6CC[C@]43[C@@H]65)C2)C1.C[C@H](CC(=O)O)NC(=O)[C@H](CC(=O)O)CC(=O)[C@H](CCCN=C(N)N)NC(=O)[C@H](CC(=O)O)CC(=O)CC[C@H](NC(=O)c1ccc(NCc2cnc3nc(N)[nH]c(=O)c3n2)cc1)C(=O)O. The molecule has 16 atom stereocenters. The number of anilines is 3. The van der Waals surface area contributed by atoms with E-state index in [1.807, 2.05) is 49.1 Å². The van der Waals surface area contributed by atoms with E-state index in [9.17, 15) is 103 Å². The number of benzene rings is 3. The topological polar surface area (TPSA) is 672 Å². The number of ether oxygens (including phenoxy) is 3. The Hall–Kier alpha value is -12.7. The zero-order valence-corrected chi connectivity index (χ0v) is 78.6. The van der Waals surface area contributed by atoms with Gasteiger partial charge in [0.25, 0.3) is 17.4 Å². The summed E-state index contributed by atoms with van der Waals surface area (Å²) in [5.74, 6) is -16.4. The number of carbonyl (C=O) groups is 14. The summed E-state index contributed by atoms with van der Waals surface area (Å²) >= 11 is 0. The van der Waals surface area contributed by atoms with Gasteiger partial charge in [0.05, 0.1) is 87.4 Å². The van der Waals surface area contributed by atoms with Gasteiger partial charge in [0.1, 0.15) is 41.5 Å². The number of aliphatic imine (C=N–C) groups is 1. The number of esters is 1. The van der Waals surface area contributed by atoms with Crippen LogP contribution in [0.3, 0.4) is 0 Å². The summed E-state index contributed by atoms with van der Waals surface area (Å²) in [6, 6.07) is 12.6. The number of guanidine groups is 1. The van der Waals surface area contributed by atoms with Gasteiger partial charge in [-0.3, -0.25) is 82.7 Å². The zero-order chi connectivity index (χ0) is 99.9. The van der Waals surface area contributed by atoms with Crippen molar-refractivity contribution in [3.63, 3.8) is 0 Å². The summed E-state index contributed by atoms with van der Waals surface area (Å²) in [5, 5.41) is 95.7. The number of H-pyrrole nitrogens is 1. The average Bonchev–Trinajstić information content (AvgIpc) is 1.48. The number of aromatic amines is 1. The van der Waals surface area contributed by atoms with Crippen molar-refractivity contribution in [2.45, 2.75) is 202 Å². The number of nitrogens with one attached hydrogen (secondary N) is 7. The van der Waals surface area contributed by atoms with Gasteiger partial charge in [-0.2, -0.15) is 4.98 Å². The molecular formula is C92H119N17O26S2. The van der Waals surface area contributed by atoms with Crippen LogP contribution in [0.5, 0.6) is 5.75 Å². The molecule has 0 radical (unpaired) electrons. The van der Waals surface area contributed by atoms with E-state index in [0.717, 1.165) is 27.8 Å². The van der Waals surface area contributed by atoms with Crippen molar-refractivity contribution in [2.75, 3.05) is 94.6 Å². The van der Waals surface area contributed by atoms with Crippen molar-refractivity contribution in [1.82, 2.24) is 56.5 Å². The fraction of sp³-hybridized carbons (Fsp3) is 0.533. The number of piperidine rings is 1. The maximum Gasteiger partial charge on any atom is 0.426 e. The number of nitrogens with two attached hydrogens (primary N) is 3. The van der Waals surface area contributed by atoms with Crippen molar-refractivity contribution in [3.05, 3.63) is 128 Å². The van der Waals surface area contributed by atoms with Gasteiger partial charge in [-0.15, -0.1) is 0 Å². The minimum absolute atomic E-state index is 0.0176. The lowest BCUT2D eigenvalue weighted by Gasteiger charge is -2.63. The number of methoxy groups -OCH3 is 2. The van der Waals surface area contributed by atoms with Crippen molar-refractivity contribution >= 4 is 144 Å². The van der Waals surface area contributed by atoms with Crippen LogP contribution in [0, 0.1) is 29.1 Å². The van der Waals surface area contributed by atoms with Crippen LogP contribution in [0.2, 0.25) is 0 Å². The first-order valence-electron chi connectivity index (χ1n) is 45.1. The van der Waals surface area contributed by atoms with E-state index in [4.69, 9.17) is 36.5 Å². The van der Waals surface area contributed by atoms with Crippen LogP contribution >= 0.6 is 21.6 Å². The minimum atomic E-state index is -2.55. The number of rotatable bonds is 43. The third-order valence-electron chi connectivity index (χ3n) is 26.9. The number of aromatic nitrogens is 4. The zero-order valence-electron chi connectivity index (χ0n) is 77.0. The summed E-state index contributed by atoms with van der Waals surface area (Å²) in [6.45, 7) is 9.75. The maximum atomic E-state index is 15.5. The number of aliphatic hydroxyl groups is 3. The van der Waals surface area contributed by atoms with Gasteiger partial charge in [-0.25, -0.2) is 25.0 Å². The van der Waals surface area contributed by atoms with Gasteiger partial charge in [-0.1, -0.05) is 71.9 Å². The van der Waals surface area contributed by atoms with Crippen molar-refractivity contribution in [3.8, 4) is 5.75 Å². The number of carboxylic acids is 5. The first-order valence-corrected chi connectivity index (χ1v) is 47.6. The quantitative estimate of drug-likeness (QED) is 0.00507. The molecule has 12 rings (SSSR count). The van der Waals surface area contributed by atoms with Crippen LogP contribution in [-0.2, 0) is 90.8 Å². The molecule has 1 spiro atoms. The molecule has 3 fully saturated rings. The number of carbonyl (C=O) groups excluding carboxylic acids is 9. The van der Waals surface area contributed by atoms with Gasteiger partial charge in [-0.05, 0) is 149 Å². The Labute approximate surface area is 795 Å². The standard InChI is InChI=1S/C53H69N5O12S2.C39H50N12O14/c1-7-49(66)26-32-27-52(47(64)69-6,37-23-33-12-9-10-13-35(33)36(37)14-18-57(28-32)30-49)39-24-38-40(25-41(39)68-5)56(4)44-51(38)16-19-58-17-11-15-50(8-2,43(51)58)45(62)53(44,67)46(63)54-55-48(65)70-20-21-71-72-29-34(42(60)61)22-31(3)59;1-18(11-28(54)55)46-34(61)21(15-30(58)59)13-27(53)25(3-2-10-43-38(40)41)48-35(62)20(14-29(56)57)12-24(52)8-9-26(37(64)65)49-33(60)19-4-6-22(7-5-19)44-16-23-17-45-32-31(47-23)36(63)51-39(42)50-32/h9-13,15,24-25,32,34,43-45,62,66-67H,7-8,14,16-23,26-30H2,1-6H3,(H,54,63)(H,55,65)(H,60,61);4-7,17-18,20-21,25-26,44H,2-3,8-16H2,1H3,(H,46,61)(H,48,62)(H,49,60)(H,54,55)(H,56,57)(H,58,59)(H,64,65)(H4,40,41,43)(H3,42,45,50,51,63)/t32-,34+,43+,44-,45-,49+,50-,51-,52-,53+;18-,20+,21+,25+,26+/m11/s1. The Morgan fingerprint density at radius 2 is 1.47 bits per heavy atom. The highest BCUT2D eigenvalue weighted by atomic mass is 33.1. The molecule has 2 saturated heterocycles. The minimum Gasteiger partial charge on any atom is -0.496 e. The molecule has 5 amide bonds. The predicted molar refractivity (Wildman–Crippen MR) is 500 cm³/mol. The van der Waals surface area contributed by atoms with Gasteiger partial charge in [0.15, 0.2) is 28.5 Å². The molecule has 7 aliphatic rings. The number of aliphatic carboxylic acids is 5. The number of aliphatic hydroxyl groups excluding tert-OH is 1. The van der Waals surface area contributed by atoms with Crippen LogP contribution in [0.15, 0.2) is 94.4 Å². The summed E-state index contributed by atoms with van der Waals surface area (Å²) in [4.78, 5) is 216. The second kappa shape index (κ2) is 45.1. The van der Waals surface area contributed by atoms with Gasteiger partial charge in [0.2, 0.25) is 17.8 Å². The number of nitrogens with zero attached hydrogens (tertiary/aromatic N) is 7. The molecule has 45 heteroatoms. The molecule has 5 aromatic rings. The van der Waals surface area contributed by atoms with Crippen LogP contribution in [0.1, 0.15) is 169 Å². The van der Waals surface area contributed by atoms with Gasteiger partial charge >= 0.3 is 41.9 Å². The Balaban J connectivity index is 0.000000265.